The van der Waals surface area contributed by atoms with Crippen molar-refractivity contribution in [3.05, 3.63) is 0 Å². The molecular weight excluding hydrogens is 146 g/mol. The Balaban J connectivity index is 2.52. The molecule has 1 saturated heterocycles. The van der Waals surface area contributed by atoms with Crippen LogP contribution in [-0.2, 0) is 9.47 Å². The summed E-state index contributed by atoms with van der Waals surface area (Å²) in [7, 11) is 2.87. The first kappa shape index (κ1) is 8.93. The molecule has 0 aromatic rings. The largest absolute Gasteiger partial charge is 0.342 e. The van der Waals surface area contributed by atoms with Crippen molar-refractivity contribution in [3.63, 3.8) is 0 Å². The zero-order valence-corrected chi connectivity index (χ0v) is 6.96. The Bertz CT molecular complexity index is 119. The molecule has 0 aromatic carbocycles. The summed E-state index contributed by atoms with van der Waals surface area (Å²) in [6.45, 7) is 0.916. The SMILES string of the molecule is COC(O)(OC)[C@@H]1CCCN1. The Hall–Kier alpha value is -0.160. The van der Waals surface area contributed by atoms with Gasteiger partial charge in [0.05, 0.1) is 6.04 Å². The molecule has 1 aliphatic heterocycles. The molecule has 0 bridgehead atoms. The molecule has 4 nitrogen and oxygen atoms in total. The quantitative estimate of drug-likeness (QED) is 0.557. The summed E-state index contributed by atoms with van der Waals surface area (Å²) in [6, 6.07) is -0.0995. The molecule has 66 valence electrons. The summed E-state index contributed by atoms with van der Waals surface area (Å²) in [5.74, 6) is -1.45. The number of rotatable bonds is 3. The van der Waals surface area contributed by atoms with E-state index >= 15 is 0 Å². The number of hydrogen-bond acceptors (Lipinski definition) is 4. The van der Waals surface area contributed by atoms with Gasteiger partial charge in [0, 0.05) is 14.2 Å². The van der Waals surface area contributed by atoms with Crippen LogP contribution in [0.25, 0.3) is 0 Å². The third-order valence-corrected chi connectivity index (χ3v) is 2.09. The van der Waals surface area contributed by atoms with Gasteiger partial charge in [-0.25, -0.2) is 0 Å². The Morgan fingerprint density at radius 3 is 2.45 bits per heavy atom. The Labute approximate surface area is 66.5 Å². The van der Waals surface area contributed by atoms with Crippen LogP contribution >= 0.6 is 0 Å². The highest BCUT2D eigenvalue weighted by Gasteiger charge is 2.38. The zero-order chi connectivity index (χ0) is 8.32. The summed E-state index contributed by atoms with van der Waals surface area (Å²) >= 11 is 0. The maximum atomic E-state index is 9.62. The highest BCUT2D eigenvalue weighted by Crippen LogP contribution is 2.20. The van der Waals surface area contributed by atoms with E-state index in [-0.39, 0.29) is 6.04 Å². The summed E-state index contributed by atoms with van der Waals surface area (Å²) in [4.78, 5) is 0. The topological polar surface area (TPSA) is 50.7 Å². The molecule has 1 aliphatic rings. The molecule has 4 heteroatoms. The average Bonchev–Trinajstić information content (AvgIpc) is 2.55. The monoisotopic (exact) mass is 161 g/mol. The minimum absolute atomic E-state index is 0.0995. The van der Waals surface area contributed by atoms with E-state index in [0.29, 0.717) is 0 Å². The number of aliphatic hydroxyl groups is 1. The molecule has 1 atom stereocenters. The lowest BCUT2D eigenvalue weighted by Gasteiger charge is -2.30. The molecule has 0 aromatic heterocycles. The minimum atomic E-state index is -1.45. The maximum absolute atomic E-state index is 9.62. The van der Waals surface area contributed by atoms with E-state index < -0.39 is 5.97 Å². The van der Waals surface area contributed by atoms with Gasteiger partial charge in [-0.2, -0.15) is 0 Å². The lowest BCUT2D eigenvalue weighted by atomic mass is 10.2. The zero-order valence-electron chi connectivity index (χ0n) is 6.96. The van der Waals surface area contributed by atoms with Crippen molar-refractivity contribution in [2.45, 2.75) is 24.9 Å². The summed E-state index contributed by atoms with van der Waals surface area (Å²) in [6.07, 6.45) is 1.94. The van der Waals surface area contributed by atoms with Gasteiger partial charge in [-0.3, -0.25) is 0 Å². The number of ether oxygens (including phenoxy) is 2. The maximum Gasteiger partial charge on any atom is 0.296 e. The highest BCUT2D eigenvalue weighted by atomic mass is 16.8. The van der Waals surface area contributed by atoms with Gasteiger partial charge in [0.1, 0.15) is 0 Å². The van der Waals surface area contributed by atoms with Crippen molar-refractivity contribution < 1.29 is 14.6 Å². The molecule has 1 heterocycles. The molecule has 0 unspecified atom stereocenters. The fraction of sp³-hybridized carbons (Fsp3) is 1.00. The van der Waals surface area contributed by atoms with Crippen molar-refractivity contribution in [3.8, 4) is 0 Å². The first-order valence-corrected chi connectivity index (χ1v) is 3.79. The second kappa shape index (κ2) is 3.49. The van der Waals surface area contributed by atoms with Gasteiger partial charge in [0.25, 0.3) is 5.97 Å². The second-order valence-corrected chi connectivity index (χ2v) is 2.69. The van der Waals surface area contributed by atoms with Crippen molar-refractivity contribution in [2.75, 3.05) is 20.8 Å². The van der Waals surface area contributed by atoms with E-state index in [2.05, 4.69) is 5.32 Å². The van der Waals surface area contributed by atoms with Crippen LogP contribution in [0.5, 0.6) is 0 Å². The van der Waals surface area contributed by atoms with Gasteiger partial charge >= 0.3 is 0 Å². The van der Waals surface area contributed by atoms with Gasteiger partial charge < -0.3 is 19.9 Å². The normalized spacial score (nSPS) is 25.9. The fourth-order valence-corrected chi connectivity index (χ4v) is 1.36. The third-order valence-electron chi connectivity index (χ3n) is 2.09. The minimum Gasteiger partial charge on any atom is -0.342 e. The van der Waals surface area contributed by atoms with E-state index in [1.165, 1.54) is 14.2 Å². The molecule has 0 aliphatic carbocycles. The predicted octanol–water partition coefficient (Wildman–Crippen LogP) is -0.323. The molecular formula is C7H15NO3. The molecule has 11 heavy (non-hydrogen) atoms. The Kier molecular flexibility index (Phi) is 2.84. The number of methoxy groups -OCH3 is 2. The van der Waals surface area contributed by atoms with Crippen molar-refractivity contribution in [1.82, 2.24) is 5.32 Å². The van der Waals surface area contributed by atoms with Crippen LogP contribution in [0.3, 0.4) is 0 Å². The van der Waals surface area contributed by atoms with Gasteiger partial charge in [0.15, 0.2) is 0 Å². The van der Waals surface area contributed by atoms with E-state index in [1.54, 1.807) is 0 Å². The van der Waals surface area contributed by atoms with E-state index in [0.717, 1.165) is 19.4 Å². The second-order valence-electron chi connectivity index (χ2n) is 2.69. The molecule has 0 saturated carbocycles. The highest BCUT2D eigenvalue weighted by molar-refractivity contribution is 4.81. The third kappa shape index (κ3) is 1.70. The van der Waals surface area contributed by atoms with Crippen LogP contribution < -0.4 is 5.32 Å². The van der Waals surface area contributed by atoms with Crippen molar-refractivity contribution >= 4 is 0 Å². The fourth-order valence-electron chi connectivity index (χ4n) is 1.36. The first-order valence-electron chi connectivity index (χ1n) is 3.79. The van der Waals surface area contributed by atoms with E-state index in [1.807, 2.05) is 0 Å². The molecule has 0 spiro atoms. The van der Waals surface area contributed by atoms with Gasteiger partial charge in [-0.05, 0) is 19.4 Å². The molecule has 2 N–H and O–H groups in total. The lowest BCUT2D eigenvalue weighted by molar-refractivity contribution is -0.352. The van der Waals surface area contributed by atoms with Crippen LogP contribution in [0.2, 0.25) is 0 Å². The van der Waals surface area contributed by atoms with E-state index in [4.69, 9.17) is 9.47 Å². The van der Waals surface area contributed by atoms with Crippen LogP contribution in [0, 0.1) is 0 Å². The van der Waals surface area contributed by atoms with Gasteiger partial charge in [0.2, 0.25) is 0 Å². The van der Waals surface area contributed by atoms with Crippen LogP contribution in [0.1, 0.15) is 12.8 Å². The summed E-state index contributed by atoms with van der Waals surface area (Å²) in [5.41, 5.74) is 0. The summed E-state index contributed by atoms with van der Waals surface area (Å²) < 4.78 is 9.68. The van der Waals surface area contributed by atoms with Crippen molar-refractivity contribution in [2.24, 2.45) is 0 Å². The predicted molar refractivity (Wildman–Crippen MR) is 40.0 cm³/mol. The summed E-state index contributed by atoms with van der Waals surface area (Å²) in [5, 5.41) is 12.7. The lowest BCUT2D eigenvalue weighted by Crippen LogP contribution is -2.50. The van der Waals surface area contributed by atoms with Crippen molar-refractivity contribution in [1.29, 1.82) is 0 Å². The van der Waals surface area contributed by atoms with Crippen LogP contribution in [0.15, 0.2) is 0 Å². The molecule has 0 amide bonds. The molecule has 1 rings (SSSR count). The standard InChI is InChI=1S/C7H15NO3/c1-10-7(9,11-2)6-4-3-5-8-6/h6,8-9H,3-5H2,1-2H3/t6-/m0/s1. The van der Waals surface area contributed by atoms with E-state index in [9.17, 15) is 5.11 Å². The number of nitrogens with one attached hydrogen (secondary N) is 1. The number of hydrogen-bond donors (Lipinski definition) is 2. The van der Waals surface area contributed by atoms with Crippen LogP contribution in [0.4, 0.5) is 0 Å². The smallest absolute Gasteiger partial charge is 0.296 e. The van der Waals surface area contributed by atoms with Gasteiger partial charge in [-0.15, -0.1) is 0 Å². The average molecular weight is 161 g/mol. The Morgan fingerprint density at radius 2 is 2.09 bits per heavy atom. The molecule has 1 fully saturated rings. The molecule has 0 radical (unpaired) electrons. The first-order chi connectivity index (χ1) is 5.23. The van der Waals surface area contributed by atoms with Gasteiger partial charge in [-0.1, -0.05) is 0 Å². The van der Waals surface area contributed by atoms with Crippen LogP contribution in [-0.4, -0.2) is 37.9 Å². The Morgan fingerprint density at radius 1 is 1.45 bits per heavy atom.